The Hall–Kier alpha value is -3.49. The Labute approximate surface area is 206 Å². The van der Waals surface area contributed by atoms with Crippen LogP contribution in [0.4, 0.5) is 0 Å². The highest BCUT2D eigenvalue weighted by atomic mass is 35.5. The minimum absolute atomic E-state index is 0.432. The zero-order valence-electron chi connectivity index (χ0n) is 19.4. The van der Waals surface area contributed by atoms with Crippen LogP contribution in [-0.4, -0.2) is 54.3 Å². The number of aromatic amines is 1. The molecule has 2 fully saturated rings. The molecule has 1 aliphatic carbocycles. The molecule has 2 aromatic carbocycles. The van der Waals surface area contributed by atoms with Crippen LogP contribution in [0.2, 0.25) is 5.02 Å². The molecule has 7 rings (SSSR count). The first-order valence-electron chi connectivity index (χ1n) is 11.9. The first kappa shape index (κ1) is 20.8. The van der Waals surface area contributed by atoms with Crippen molar-refractivity contribution in [2.24, 2.45) is 5.92 Å². The summed E-state index contributed by atoms with van der Waals surface area (Å²) in [6, 6.07) is 10.6. The fraction of sp³-hybridized carbons (Fsp3) is 0.308. The van der Waals surface area contributed by atoms with E-state index in [4.69, 9.17) is 21.3 Å². The van der Waals surface area contributed by atoms with E-state index >= 15 is 0 Å². The van der Waals surface area contributed by atoms with Gasteiger partial charge in [0.15, 0.2) is 0 Å². The van der Waals surface area contributed by atoms with Gasteiger partial charge in [-0.05, 0) is 57.0 Å². The van der Waals surface area contributed by atoms with Gasteiger partial charge in [0.25, 0.3) is 0 Å². The average Bonchev–Trinajstić information content (AvgIpc) is 3.63. The molecule has 1 saturated heterocycles. The third kappa shape index (κ3) is 3.47. The number of imidazole rings is 1. The molecule has 2 bridgehead atoms. The van der Waals surface area contributed by atoms with E-state index in [1.54, 1.807) is 6.20 Å². The minimum Gasteiger partial charge on any atom is -0.456 e. The first-order chi connectivity index (χ1) is 17.0. The lowest BCUT2D eigenvalue weighted by molar-refractivity contribution is 0.202. The van der Waals surface area contributed by atoms with Crippen molar-refractivity contribution in [3.05, 3.63) is 59.8 Å². The molecule has 3 atom stereocenters. The van der Waals surface area contributed by atoms with Gasteiger partial charge in [0, 0.05) is 30.4 Å². The first-order valence-corrected chi connectivity index (χ1v) is 12.2. The van der Waals surface area contributed by atoms with Crippen LogP contribution in [0, 0.1) is 12.8 Å². The van der Waals surface area contributed by atoms with Gasteiger partial charge in [-0.3, -0.25) is 9.67 Å². The highest BCUT2D eigenvalue weighted by Gasteiger charge is 2.44. The third-order valence-electron chi connectivity index (χ3n) is 7.43. The summed E-state index contributed by atoms with van der Waals surface area (Å²) in [6.45, 7) is 3.07. The molecular formula is C26H24ClN7O. The van der Waals surface area contributed by atoms with E-state index in [0.717, 1.165) is 41.1 Å². The Morgan fingerprint density at radius 3 is 2.80 bits per heavy atom. The SMILES string of the molecule is Cc1nc2ccc(Oc3ccc4ncc(-c5cnn(C6CC7CC6CN7C)c5)nc4c3Cl)cc2[nH]1. The second-order valence-corrected chi connectivity index (χ2v) is 10.1. The smallest absolute Gasteiger partial charge is 0.148 e. The standard InChI is InChI=1S/C26H24ClN7O/c1-14-30-19-4-3-18(9-21(19)31-14)35-24-6-5-20-26(25(24)27)32-22(11-28-20)16-10-29-34(13-16)23-8-17-7-15(23)12-33(17)2/h3-6,9-11,13,15,17,23H,7-8,12H2,1-2H3,(H,30,31). The van der Waals surface area contributed by atoms with Crippen molar-refractivity contribution < 1.29 is 4.74 Å². The number of rotatable bonds is 4. The van der Waals surface area contributed by atoms with Crippen LogP contribution in [0.1, 0.15) is 24.7 Å². The van der Waals surface area contributed by atoms with E-state index in [-0.39, 0.29) is 0 Å². The van der Waals surface area contributed by atoms with Gasteiger partial charge in [-0.1, -0.05) is 11.6 Å². The number of piperidine rings is 1. The summed E-state index contributed by atoms with van der Waals surface area (Å²) in [6.07, 6.45) is 8.17. The van der Waals surface area contributed by atoms with Crippen LogP contribution in [0.15, 0.2) is 48.9 Å². The Balaban J connectivity index is 1.19. The lowest BCUT2D eigenvalue weighted by Crippen LogP contribution is -2.33. The summed E-state index contributed by atoms with van der Waals surface area (Å²) in [5.41, 5.74) is 4.82. The maximum atomic E-state index is 6.77. The van der Waals surface area contributed by atoms with Gasteiger partial charge in [0.1, 0.15) is 27.9 Å². The van der Waals surface area contributed by atoms with Gasteiger partial charge in [-0.15, -0.1) is 0 Å². The van der Waals surface area contributed by atoms with Crippen molar-refractivity contribution >= 4 is 33.7 Å². The fourth-order valence-corrected chi connectivity index (χ4v) is 5.92. The molecule has 8 nitrogen and oxygen atoms in total. The van der Waals surface area contributed by atoms with Crippen molar-refractivity contribution in [3.8, 4) is 22.8 Å². The van der Waals surface area contributed by atoms with Gasteiger partial charge in [0.05, 0.1) is 40.7 Å². The molecule has 4 heterocycles. The number of benzene rings is 2. The molecule has 3 unspecified atom stereocenters. The van der Waals surface area contributed by atoms with Gasteiger partial charge in [-0.25, -0.2) is 9.97 Å². The third-order valence-corrected chi connectivity index (χ3v) is 7.80. The minimum atomic E-state index is 0.432. The molecular weight excluding hydrogens is 462 g/mol. The van der Waals surface area contributed by atoms with Gasteiger partial charge in [-0.2, -0.15) is 5.10 Å². The molecule has 0 radical (unpaired) electrons. The van der Waals surface area contributed by atoms with Gasteiger partial charge in [0.2, 0.25) is 0 Å². The molecule has 1 N–H and O–H groups in total. The van der Waals surface area contributed by atoms with Crippen molar-refractivity contribution in [1.82, 2.24) is 34.6 Å². The van der Waals surface area contributed by atoms with E-state index in [0.29, 0.717) is 45.6 Å². The predicted molar refractivity (Wildman–Crippen MR) is 135 cm³/mol. The summed E-state index contributed by atoms with van der Waals surface area (Å²) < 4.78 is 8.24. The van der Waals surface area contributed by atoms with Crippen molar-refractivity contribution in [3.63, 3.8) is 0 Å². The lowest BCUT2D eigenvalue weighted by atomic mass is 10.0. The number of H-pyrrole nitrogens is 1. The van der Waals surface area contributed by atoms with E-state index in [1.165, 1.54) is 6.42 Å². The van der Waals surface area contributed by atoms with E-state index in [2.05, 4.69) is 42.9 Å². The van der Waals surface area contributed by atoms with Crippen LogP contribution >= 0.6 is 11.6 Å². The predicted octanol–water partition coefficient (Wildman–Crippen LogP) is 5.39. The Morgan fingerprint density at radius 1 is 1.09 bits per heavy atom. The van der Waals surface area contributed by atoms with E-state index < -0.39 is 0 Å². The number of fused-ring (bicyclic) bond motifs is 4. The van der Waals surface area contributed by atoms with Crippen molar-refractivity contribution in [1.29, 1.82) is 0 Å². The van der Waals surface area contributed by atoms with Crippen LogP contribution in [0.25, 0.3) is 33.3 Å². The quantitative estimate of drug-likeness (QED) is 0.367. The highest BCUT2D eigenvalue weighted by molar-refractivity contribution is 6.36. The zero-order valence-corrected chi connectivity index (χ0v) is 20.2. The second-order valence-electron chi connectivity index (χ2n) is 9.71. The van der Waals surface area contributed by atoms with Crippen LogP contribution in [-0.2, 0) is 0 Å². The number of likely N-dealkylation sites (tertiary alicyclic amines) is 1. The maximum absolute atomic E-state index is 6.77. The number of nitrogens with zero attached hydrogens (tertiary/aromatic N) is 6. The van der Waals surface area contributed by atoms with Crippen LogP contribution in [0.3, 0.4) is 0 Å². The van der Waals surface area contributed by atoms with Gasteiger partial charge < -0.3 is 14.6 Å². The Morgan fingerprint density at radius 2 is 1.97 bits per heavy atom. The Kier molecular flexibility index (Phi) is 4.62. The number of aromatic nitrogens is 6. The fourth-order valence-electron chi connectivity index (χ4n) is 5.68. The summed E-state index contributed by atoms with van der Waals surface area (Å²) in [7, 11) is 2.22. The zero-order chi connectivity index (χ0) is 23.7. The van der Waals surface area contributed by atoms with Crippen LogP contribution < -0.4 is 4.74 Å². The average molecular weight is 486 g/mol. The molecule has 0 spiro atoms. The number of halogens is 1. The molecule has 35 heavy (non-hydrogen) atoms. The molecule has 1 saturated carbocycles. The topological polar surface area (TPSA) is 84.8 Å². The molecule has 1 aliphatic heterocycles. The lowest BCUT2D eigenvalue weighted by Gasteiger charge is -2.28. The van der Waals surface area contributed by atoms with Gasteiger partial charge >= 0.3 is 0 Å². The molecule has 3 aromatic heterocycles. The summed E-state index contributed by atoms with van der Waals surface area (Å²) in [4.78, 5) is 19.6. The summed E-state index contributed by atoms with van der Waals surface area (Å²) >= 11 is 6.77. The molecule has 0 amide bonds. The summed E-state index contributed by atoms with van der Waals surface area (Å²) in [5.74, 6) is 2.73. The number of ether oxygens (including phenoxy) is 1. The highest BCUT2D eigenvalue weighted by Crippen LogP contribution is 2.44. The maximum Gasteiger partial charge on any atom is 0.148 e. The molecule has 2 aliphatic rings. The number of hydrogen-bond donors (Lipinski definition) is 1. The van der Waals surface area contributed by atoms with E-state index in [1.807, 2.05) is 43.5 Å². The molecule has 176 valence electrons. The second kappa shape index (κ2) is 7.76. The van der Waals surface area contributed by atoms with Crippen molar-refractivity contribution in [2.75, 3.05) is 13.6 Å². The molecule has 9 heteroatoms. The summed E-state index contributed by atoms with van der Waals surface area (Å²) in [5, 5.41) is 5.12. The Bertz CT molecular complexity index is 1590. The van der Waals surface area contributed by atoms with E-state index in [9.17, 15) is 0 Å². The number of hydrogen-bond acceptors (Lipinski definition) is 6. The largest absolute Gasteiger partial charge is 0.456 e. The normalized spacial score (nSPS) is 22.0. The molecule has 5 aromatic rings. The van der Waals surface area contributed by atoms with Crippen LogP contribution in [0.5, 0.6) is 11.5 Å². The monoisotopic (exact) mass is 485 g/mol. The van der Waals surface area contributed by atoms with Crippen molar-refractivity contribution in [2.45, 2.75) is 31.8 Å². The number of nitrogens with one attached hydrogen (secondary N) is 1. The number of aryl methyl sites for hydroxylation is 1.